The third-order valence-corrected chi connectivity index (χ3v) is 5.57. The maximum Gasteiger partial charge on any atom is 0.389 e. The molecule has 1 atom stereocenters. The van der Waals surface area contributed by atoms with Crippen LogP contribution in [0.4, 0.5) is 18.0 Å². The number of hydrogen-bond donors (Lipinski definition) is 2. The molecule has 0 saturated carbocycles. The molecule has 1 aromatic rings. The van der Waals surface area contributed by atoms with E-state index in [0.717, 1.165) is 5.57 Å². The first-order valence-electron chi connectivity index (χ1n) is 9.72. The summed E-state index contributed by atoms with van der Waals surface area (Å²) in [5.41, 5.74) is 1.32. The molecule has 1 aromatic carbocycles. The number of hydrogen-bond acceptors (Lipinski definition) is 2. The molecule has 0 unspecified atom stereocenters. The highest BCUT2D eigenvalue weighted by molar-refractivity contribution is 6.31. The van der Waals surface area contributed by atoms with Gasteiger partial charge >= 0.3 is 18.2 Å². The van der Waals surface area contributed by atoms with Gasteiger partial charge in [-0.15, -0.1) is 0 Å². The van der Waals surface area contributed by atoms with E-state index in [9.17, 15) is 22.8 Å². The molecule has 0 spiro atoms. The summed E-state index contributed by atoms with van der Waals surface area (Å²) in [6, 6.07) is 4.71. The molecule has 0 saturated heterocycles. The van der Waals surface area contributed by atoms with Crippen molar-refractivity contribution in [2.75, 3.05) is 6.54 Å². The Kier molecular flexibility index (Phi) is 7.45. The van der Waals surface area contributed by atoms with Crippen LogP contribution >= 0.6 is 11.6 Å². The lowest BCUT2D eigenvalue weighted by Gasteiger charge is -2.42. The van der Waals surface area contributed by atoms with Crippen LogP contribution in [0.1, 0.15) is 51.2 Å². The minimum absolute atomic E-state index is 0.0353. The van der Waals surface area contributed by atoms with Gasteiger partial charge < -0.3 is 15.3 Å². The van der Waals surface area contributed by atoms with Crippen molar-refractivity contribution in [3.05, 3.63) is 46.1 Å². The Morgan fingerprint density at radius 3 is 2.53 bits per heavy atom. The Labute approximate surface area is 178 Å². The predicted molar refractivity (Wildman–Crippen MR) is 108 cm³/mol. The highest BCUT2D eigenvalue weighted by Crippen LogP contribution is 2.38. The second-order valence-corrected chi connectivity index (χ2v) is 8.31. The highest BCUT2D eigenvalue weighted by atomic mass is 35.5. The molecule has 2 N–H and O–H groups in total. The first-order chi connectivity index (χ1) is 13.8. The van der Waals surface area contributed by atoms with Crippen molar-refractivity contribution < 1.29 is 27.9 Å². The number of aliphatic carboxylic acids is 1. The predicted octanol–water partition coefficient (Wildman–Crippen LogP) is 5.48. The topological polar surface area (TPSA) is 69.6 Å². The van der Waals surface area contributed by atoms with Gasteiger partial charge in [0.2, 0.25) is 0 Å². The SMILES string of the molecule is CC(C)C1=CN(CCC(=O)O)C(=O)N[C@]1(C)c1ccc(CCCC(F)(F)F)c(Cl)c1. The second-order valence-electron chi connectivity index (χ2n) is 7.91. The number of benzene rings is 1. The molecule has 1 aliphatic heterocycles. The Bertz CT molecular complexity index is 839. The fraction of sp³-hybridized carbons (Fsp3) is 0.524. The number of amides is 2. The molecular formula is C21H26ClF3N2O3. The standard InChI is InChI=1S/C21H26ClF3N2O3/c1-13(2)16-12-27(10-8-18(28)29)19(30)26-20(16,3)15-7-6-14(17(22)11-15)5-4-9-21(23,24)25/h6-7,11-13H,4-5,8-10H2,1-3H3,(H,26,30)(H,28,29)/t20-/m1/s1. The molecule has 0 radical (unpaired) electrons. The van der Waals surface area contributed by atoms with Gasteiger partial charge in [-0.2, -0.15) is 13.2 Å². The number of alkyl halides is 3. The van der Waals surface area contributed by atoms with Crippen molar-refractivity contribution in [1.82, 2.24) is 10.2 Å². The monoisotopic (exact) mass is 446 g/mol. The van der Waals surface area contributed by atoms with Crippen LogP contribution in [-0.2, 0) is 16.8 Å². The zero-order valence-corrected chi connectivity index (χ0v) is 17.9. The molecule has 0 bridgehead atoms. The number of urea groups is 1. The Hall–Kier alpha value is -2.22. The molecule has 0 aromatic heterocycles. The van der Waals surface area contributed by atoms with E-state index in [1.165, 1.54) is 4.90 Å². The van der Waals surface area contributed by atoms with E-state index in [-0.39, 0.29) is 31.7 Å². The van der Waals surface area contributed by atoms with Crippen LogP contribution in [0.25, 0.3) is 0 Å². The lowest BCUT2D eigenvalue weighted by atomic mass is 9.78. The lowest BCUT2D eigenvalue weighted by molar-refractivity contribution is -0.137. The van der Waals surface area contributed by atoms with Crippen molar-refractivity contribution in [1.29, 1.82) is 0 Å². The summed E-state index contributed by atoms with van der Waals surface area (Å²) in [5, 5.41) is 12.2. The van der Waals surface area contributed by atoms with Crippen molar-refractivity contribution in [2.24, 2.45) is 5.92 Å². The van der Waals surface area contributed by atoms with Crippen LogP contribution in [0.5, 0.6) is 0 Å². The fourth-order valence-electron chi connectivity index (χ4n) is 3.60. The van der Waals surface area contributed by atoms with E-state index in [0.29, 0.717) is 16.1 Å². The number of rotatable bonds is 8. The van der Waals surface area contributed by atoms with E-state index in [1.54, 1.807) is 24.4 Å². The fourth-order valence-corrected chi connectivity index (χ4v) is 3.88. The van der Waals surface area contributed by atoms with Crippen LogP contribution in [0.3, 0.4) is 0 Å². The smallest absolute Gasteiger partial charge is 0.389 e. The summed E-state index contributed by atoms with van der Waals surface area (Å²) in [6.07, 6.45) is -3.41. The van der Waals surface area contributed by atoms with Gasteiger partial charge in [0.05, 0.1) is 12.0 Å². The minimum Gasteiger partial charge on any atom is -0.481 e. The number of carboxylic acid groups (broad SMARTS) is 1. The van der Waals surface area contributed by atoms with E-state index in [4.69, 9.17) is 16.7 Å². The molecule has 1 aliphatic rings. The number of nitrogens with one attached hydrogen (secondary N) is 1. The maximum atomic E-state index is 12.6. The number of nitrogens with zero attached hydrogens (tertiary/aromatic N) is 1. The summed E-state index contributed by atoms with van der Waals surface area (Å²) in [5.74, 6) is -0.961. The molecule has 2 rings (SSSR count). The lowest BCUT2D eigenvalue weighted by Crippen LogP contribution is -2.55. The van der Waals surface area contributed by atoms with Gasteiger partial charge in [-0.25, -0.2) is 4.79 Å². The first-order valence-corrected chi connectivity index (χ1v) is 10.1. The average Bonchev–Trinajstić information content (AvgIpc) is 2.60. The quantitative estimate of drug-likeness (QED) is 0.555. The molecule has 0 aliphatic carbocycles. The zero-order valence-electron chi connectivity index (χ0n) is 17.1. The second kappa shape index (κ2) is 9.29. The molecule has 2 amide bonds. The number of carboxylic acids is 1. The zero-order chi connectivity index (χ0) is 22.7. The van der Waals surface area contributed by atoms with E-state index < -0.39 is 30.1 Å². The number of aryl methyl sites for hydroxylation is 1. The number of carbonyl (C=O) groups excluding carboxylic acids is 1. The molecule has 0 fully saturated rings. The third kappa shape index (κ3) is 5.90. The summed E-state index contributed by atoms with van der Waals surface area (Å²) in [7, 11) is 0. The first kappa shape index (κ1) is 24.1. The normalized spacial score (nSPS) is 19.7. The van der Waals surface area contributed by atoms with Gasteiger partial charge in [0.15, 0.2) is 0 Å². The summed E-state index contributed by atoms with van der Waals surface area (Å²) >= 11 is 6.35. The number of halogens is 4. The largest absolute Gasteiger partial charge is 0.481 e. The Balaban J connectivity index is 2.29. The van der Waals surface area contributed by atoms with E-state index in [2.05, 4.69) is 5.32 Å². The van der Waals surface area contributed by atoms with Crippen LogP contribution in [0.2, 0.25) is 5.02 Å². The van der Waals surface area contributed by atoms with Crippen LogP contribution < -0.4 is 5.32 Å². The van der Waals surface area contributed by atoms with E-state index in [1.807, 2.05) is 20.8 Å². The summed E-state index contributed by atoms with van der Waals surface area (Å²) in [4.78, 5) is 24.8. The Morgan fingerprint density at radius 2 is 2.00 bits per heavy atom. The summed E-state index contributed by atoms with van der Waals surface area (Å²) in [6.45, 7) is 5.81. The average molecular weight is 447 g/mol. The van der Waals surface area contributed by atoms with Crippen molar-refractivity contribution >= 4 is 23.6 Å². The van der Waals surface area contributed by atoms with Crippen molar-refractivity contribution in [3.8, 4) is 0 Å². The molecule has 5 nitrogen and oxygen atoms in total. The number of carbonyl (C=O) groups is 2. The van der Waals surface area contributed by atoms with Gasteiger partial charge in [-0.3, -0.25) is 4.79 Å². The summed E-state index contributed by atoms with van der Waals surface area (Å²) < 4.78 is 37.2. The molecule has 166 valence electrons. The van der Waals surface area contributed by atoms with Gasteiger partial charge in [0, 0.05) is 24.2 Å². The third-order valence-electron chi connectivity index (χ3n) is 5.22. The molecular weight excluding hydrogens is 421 g/mol. The van der Waals surface area contributed by atoms with Crippen molar-refractivity contribution in [3.63, 3.8) is 0 Å². The van der Waals surface area contributed by atoms with Gasteiger partial charge in [0.25, 0.3) is 0 Å². The maximum absolute atomic E-state index is 12.6. The Morgan fingerprint density at radius 1 is 1.33 bits per heavy atom. The molecule has 30 heavy (non-hydrogen) atoms. The molecule has 9 heteroatoms. The van der Waals surface area contributed by atoms with Gasteiger partial charge in [0.1, 0.15) is 0 Å². The van der Waals surface area contributed by atoms with Crippen LogP contribution in [0, 0.1) is 5.92 Å². The highest BCUT2D eigenvalue weighted by Gasteiger charge is 2.39. The van der Waals surface area contributed by atoms with E-state index >= 15 is 0 Å². The van der Waals surface area contributed by atoms with Gasteiger partial charge in [-0.1, -0.05) is 37.6 Å². The van der Waals surface area contributed by atoms with Crippen LogP contribution in [-0.4, -0.2) is 34.7 Å². The van der Waals surface area contributed by atoms with Crippen LogP contribution in [0.15, 0.2) is 30.0 Å². The van der Waals surface area contributed by atoms with Gasteiger partial charge in [-0.05, 0) is 48.4 Å². The van der Waals surface area contributed by atoms with Crippen molar-refractivity contribution in [2.45, 2.75) is 58.2 Å². The minimum atomic E-state index is -4.20. The molecule has 1 heterocycles.